The van der Waals surface area contributed by atoms with Crippen molar-refractivity contribution < 1.29 is 5.11 Å². The van der Waals surface area contributed by atoms with Crippen LogP contribution >= 0.6 is 0 Å². The smallest absolute Gasteiger partial charge is 0.131 e. The Kier molecular flexibility index (Phi) is 11.3. The molecule has 1 unspecified atom stereocenters. The van der Waals surface area contributed by atoms with Crippen LogP contribution in [-0.4, -0.2) is 28.7 Å². The van der Waals surface area contributed by atoms with Gasteiger partial charge in [-0.1, -0.05) is 107 Å². The van der Waals surface area contributed by atoms with Gasteiger partial charge >= 0.3 is 0 Å². The zero-order valence-electron chi connectivity index (χ0n) is 18.2. The summed E-state index contributed by atoms with van der Waals surface area (Å²) in [6, 6.07) is 11.1. The lowest BCUT2D eigenvalue weighted by Crippen LogP contribution is -2.19. The summed E-state index contributed by atoms with van der Waals surface area (Å²) < 4.78 is 0. The second-order valence-electron chi connectivity index (χ2n) is 8.40. The maximum Gasteiger partial charge on any atom is 0.131 e. The Hall–Kier alpha value is -1.30. The summed E-state index contributed by atoms with van der Waals surface area (Å²) >= 11 is 0. The van der Waals surface area contributed by atoms with E-state index in [1.165, 1.54) is 76.2 Å². The second kappa shape index (κ2) is 13.8. The molecular weight excluding hydrogens is 342 g/mol. The lowest BCUT2D eigenvalue weighted by Gasteiger charge is -2.15. The first-order valence-corrected chi connectivity index (χ1v) is 11.7. The highest BCUT2D eigenvalue weighted by Crippen LogP contribution is 2.33. The highest BCUT2D eigenvalue weighted by Gasteiger charge is 2.42. The third kappa shape index (κ3) is 8.80. The molecule has 1 aliphatic rings. The van der Waals surface area contributed by atoms with Crippen LogP contribution in [0.15, 0.2) is 30.3 Å². The SMILES string of the molecule is CCCCCCCCCCCCCC#C[C@@H](O)[C@@H]1CN1[C@H](C)c1ccccc1. The van der Waals surface area contributed by atoms with Gasteiger partial charge in [-0.3, -0.25) is 4.90 Å². The van der Waals surface area contributed by atoms with E-state index in [4.69, 9.17) is 0 Å². The quantitative estimate of drug-likeness (QED) is 0.225. The number of aliphatic hydroxyl groups is 1. The minimum atomic E-state index is -0.501. The number of hydrogen-bond donors (Lipinski definition) is 1. The van der Waals surface area contributed by atoms with Crippen LogP contribution in [0.5, 0.6) is 0 Å². The molecule has 156 valence electrons. The van der Waals surface area contributed by atoms with Crippen molar-refractivity contribution in [2.24, 2.45) is 0 Å². The molecule has 1 N–H and O–H groups in total. The predicted molar refractivity (Wildman–Crippen MR) is 120 cm³/mol. The van der Waals surface area contributed by atoms with Crippen molar-refractivity contribution in [1.29, 1.82) is 0 Å². The van der Waals surface area contributed by atoms with E-state index in [0.29, 0.717) is 6.04 Å². The van der Waals surface area contributed by atoms with Gasteiger partial charge in [0.15, 0.2) is 0 Å². The Balaban J connectivity index is 1.46. The standard InChI is InChI=1S/C26H41NO/c1-3-4-5-6-7-8-9-10-11-12-13-14-18-21-26(28)25-22-27(25)23(2)24-19-16-15-17-20-24/h15-17,19-20,23,25-26,28H,3-14,22H2,1-2H3/t23-,25+,26-,27?/m1/s1. The number of nitrogens with zero attached hydrogens (tertiary/aromatic N) is 1. The molecule has 2 heteroatoms. The van der Waals surface area contributed by atoms with Crippen molar-refractivity contribution in [3.8, 4) is 11.8 Å². The molecule has 0 aliphatic carbocycles. The molecule has 1 fully saturated rings. The van der Waals surface area contributed by atoms with Crippen LogP contribution in [0.3, 0.4) is 0 Å². The fourth-order valence-corrected chi connectivity index (χ4v) is 3.97. The molecule has 0 saturated carbocycles. The van der Waals surface area contributed by atoms with Crippen LogP contribution < -0.4 is 0 Å². The first kappa shape index (κ1) is 23.0. The summed E-state index contributed by atoms with van der Waals surface area (Å²) in [6.45, 7) is 5.43. The molecule has 28 heavy (non-hydrogen) atoms. The molecule has 0 bridgehead atoms. The summed E-state index contributed by atoms with van der Waals surface area (Å²) in [5.74, 6) is 6.29. The summed E-state index contributed by atoms with van der Waals surface area (Å²) in [4.78, 5) is 2.33. The van der Waals surface area contributed by atoms with Crippen molar-refractivity contribution in [2.45, 2.75) is 109 Å². The topological polar surface area (TPSA) is 23.2 Å². The normalized spacial score (nSPS) is 20.2. The Morgan fingerprint density at radius 1 is 0.929 bits per heavy atom. The molecule has 0 spiro atoms. The summed E-state index contributed by atoms with van der Waals surface area (Å²) in [7, 11) is 0. The van der Waals surface area contributed by atoms with Gasteiger partial charge in [-0.25, -0.2) is 0 Å². The van der Waals surface area contributed by atoms with E-state index in [2.05, 4.69) is 54.9 Å². The van der Waals surface area contributed by atoms with Crippen molar-refractivity contribution in [2.75, 3.05) is 6.54 Å². The number of hydrogen-bond acceptors (Lipinski definition) is 2. The minimum absolute atomic E-state index is 0.208. The van der Waals surface area contributed by atoms with E-state index in [1.54, 1.807) is 0 Å². The molecule has 4 atom stereocenters. The first-order valence-electron chi connectivity index (χ1n) is 11.7. The summed E-state index contributed by atoms with van der Waals surface area (Å²) in [5.41, 5.74) is 1.31. The number of rotatable bonds is 14. The largest absolute Gasteiger partial charge is 0.379 e. The molecule has 1 aromatic carbocycles. The summed E-state index contributed by atoms with van der Waals surface area (Å²) in [6.07, 6.45) is 15.4. The predicted octanol–water partition coefficient (Wildman–Crippen LogP) is 6.50. The molecule has 0 aromatic heterocycles. The minimum Gasteiger partial charge on any atom is -0.379 e. The highest BCUT2D eigenvalue weighted by atomic mass is 16.3. The van der Waals surface area contributed by atoms with E-state index >= 15 is 0 Å². The molecule has 2 rings (SSSR count). The molecule has 1 heterocycles. The Morgan fingerprint density at radius 2 is 1.50 bits per heavy atom. The Morgan fingerprint density at radius 3 is 2.11 bits per heavy atom. The van der Waals surface area contributed by atoms with Gasteiger partial charge in [0, 0.05) is 19.0 Å². The van der Waals surface area contributed by atoms with Gasteiger partial charge in [0.2, 0.25) is 0 Å². The van der Waals surface area contributed by atoms with Crippen molar-refractivity contribution in [1.82, 2.24) is 4.90 Å². The van der Waals surface area contributed by atoms with Crippen molar-refractivity contribution in [3.05, 3.63) is 35.9 Å². The fraction of sp³-hybridized carbons (Fsp3) is 0.692. The second-order valence-corrected chi connectivity index (χ2v) is 8.40. The van der Waals surface area contributed by atoms with Crippen LogP contribution in [-0.2, 0) is 0 Å². The monoisotopic (exact) mass is 383 g/mol. The molecule has 1 aromatic rings. The number of aliphatic hydroxyl groups excluding tert-OH is 1. The number of unbranched alkanes of at least 4 members (excludes halogenated alkanes) is 11. The van der Waals surface area contributed by atoms with E-state index in [-0.39, 0.29) is 6.04 Å². The molecule has 1 aliphatic heterocycles. The molecular formula is C26H41NO. The molecule has 0 radical (unpaired) electrons. The van der Waals surface area contributed by atoms with Crippen LogP contribution in [0.25, 0.3) is 0 Å². The van der Waals surface area contributed by atoms with Crippen LogP contribution in [0, 0.1) is 11.8 Å². The fourth-order valence-electron chi connectivity index (χ4n) is 3.97. The van der Waals surface area contributed by atoms with Gasteiger partial charge in [-0.15, -0.1) is 5.92 Å². The highest BCUT2D eigenvalue weighted by molar-refractivity contribution is 5.22. The van der Waals surface area contributed by atoms with Gasteiger partial charge in [-0.2, -0.15) is 0 Å². The lowest BCUT2D eigenvalue weighted by atomic mass is 10.1. The van der Waals surface area contributed by atoms with Crippen molar-refractivity contribution >= 4 is 0 Å². The molecule has 0 amide bonds. The maximum absolute atomic E-state index is 10.3. The molecule has 1 saturated heterocycles. The van der Waals surface area contributed by atoms with Gasteiger partial charge in [-0.05, 0) is 18.9 Å². The number of benzene rings is 1. The van der Waals surface area contributed by atoms with Gasteiger partial charge < -0.3 is 5.11 Å². The van der Waals surface area contributed by atoms with Crippen molar-refractivity contribution in [3.63, 3.8) is 0 Å². The van der Waals surface area contributed by atoms with Gasteiger partial charge in [0.1, 0.15) is 6.10 Å². The van der Waals surface area contributed by atoms with Crippen LogP contribution in [0.1, 0.15) is 103 Å². The lowest BCUT2D eigenvalue weighted by molar-refractivity contribution is 0.201. The Bertz CT molecular complexity index is 573. The van der Waals surface area contributed by atoms with Gasteiger partial charge in [0.05, 0.1) is 6.04 Å². The van der Waals surface area contributed by atoms with E-state index < -0.39 is 6.10 Å². The third-order valence-corrected chi connectivity index (χ3v) is 5.99. The summed E-state index contributed by atoms with van der Waals surface area (Å²) in [5, 5.41) is 10.3. The van der Waals surface area contributed by atoms with E-state index in [1.807, 2.05) is 6.07 Å². The maximum atomic E-state index is 10.3. The Labute approximate surface area is 173 Å². The van der Waals surface area contributed by atoms with E-state index in [9.17, 15) is 5.11 Å². The van der Waals surface area contributed by atoms with Gasteiger partial charge in [0.25, 0.3) is 0 Å². The average molecular weight is 384 g/mol. The first-order chi connectivity index (χ1) is 13.7. The average Bonchev–Trinajstić information content (AvgIpc) is 3.52. The van der Waals surface area contributed by atoms with Crippen LogP contribution in [0.2, 0.25) is 0 Å². The van der Waals surface area contributed by atoms with E-state index in [0.717, 1.165) is 13.0 Å². The van der Waals surface area contributed by atoms with Crippen LogP contribution in [0.4, 0.5) is 0 Å². The third-order valence-electron chi connectivity index (χ3n) is 5.99. The zero-order chi connectivity index (χ0) is 20.0. The molecule has 2 nitrogen and oxygen atoms in total. The zero-order valence-corrected chi connectivity index (χ0v) is 18.2.